The molecule has 6 nitrogen and oxygen atoms in total. The highest BCUT2D eigenvalue weighted by Crippen LogP contribution is 2.32. The maximum absolute atomic E-state index is 5.98. The topological polar surface area (TPSA) is 78.3 Å². The molecule has 0 aliphatic heterocycles. The molecule has 0 amide bonds. The molecule has 3 aromatic rings. The van der Waals surface area contributed by atoms with Gasteiger partial charge in [0.25, 0.3) is 0 Å². The Morgan fingerprint density at radius 2 is 2.26 bits per heavy atom. The van der Waals surface area contributed by atoms with Gasteiger partial charge in [-0.15, -0.1) is 10.2 Å². The fourth-order valence-corrected chi connectivity index (χ4v) is 2.96. The van der Waals surface area contributed by atoms with E-state index in [4.69, 9.17) is 10.5 Å². The van der Waals surface area contributed by atoms with Gasteiger partial charge in [-0.05, 0) is 18.2 Å². The number of rotatable bonds is 3. The van der Waals surface area contributed by atoms with Crippen LogP contribution in [0.1, 0.15) is 5.82 Å². The first kappa shape index (κ1) is 12.5. The lowest BCUT2D eigenvalue weighted by Crippen LogP contribution is -1.98. The van der Waals surface area contributed by atoms with E-state index in [-0.39, 0.29) is 0 Å². The van der Waals surface area contributed by atoms with Crippen LogP contribution >= 0.6 is 27.3 Å². The molecule has 19 heavy (non-hydrogen) atoms. The van der Waals surface area contributed by atoms with Gasteiger partial charge in [-0.25, -0.2) is 0 Å². The van der Waals surface area contributed by atoms with Gasteiger partial charge in [-0.1, -0.05) is 27.3 Å². The van der Waals surface area contributed by atoms with Crippen molar-refractivity contribution in [3.8, 4) is 10.6 Å². The summed E-state index contributed by atoms with van der Waals surface area (Å²) in [6.07, 6.45) is 0. The van der Waals surface area contributed by atoms with Crippen molar-refractivity contribution in [2.75, 3.05) is 12.8 Å². The van der Waals surface area contributed by atoms with Crippen molar-refractivity contribution in [3.63, 3.8) is 0 Å². The maximum Gasteiger partial charge on any atom is 0.235 e. The molecule has 0 spiro atoms. The first-order valence-corrected chi connectivity index (χ1v) is 7.05. The number of aromatic nitrogens is 4. The normalized spacial score (nSPS) is 11.3. The highest BCUT2D eigenvalue weighted by Gasteiger charge is 2.14. The number of anilines is 1. The van der Waals surface area contributed by atoms with Crippen molar-refractivity contribution >= 4 is 37.9 Å². The van der Waals surface area contributed by atoms with Crippen LogP contribution in [-0.2, 0) is 11.3 Å². The monoisotopic (exact) mass is 339 g/mol. The van der Waals surface area contributed by atoms with Crippen molar-refractivity contribution in [2.45, 2.75) is 6.61 Å². The molecule has 0 bridgehead atoms. The van der Waals surface area contributed by atoms with E-state index in [1.165, 1.54) is 11.3 Å². The smallest absolute Gasteiger partial charge is 0.235 e. The summed E-state index contributed by atoms with van der Waals surface area (Å²) in [6.45, 7) is 0.373. The molecule has 2 heterocycles. The minimum absolute atomic E-state index is 0.373. The highest BCUT2D eigenvalue weighted by molar-refractivity contribution is 9.10. The lowest BCUT2D eigenvalue weighted by atomic mass is 10.2. The zero-order valence-electron chi connectivity index (χ0n) is 10.00. The molecule has 0 radical (unpaired) electrons. The van der Waals surface area contributed by atoms with Crippen LogP contribution in [0.4, 0.5) is 5.69 Å². The Hall–Kier alpha value is -1.51. The fraction of sp³-hybridized carbons (Fsp3) is 0.182. The summed E-state index contributed by atoms with van der Waals surface area (Å²) in [5.74, 6) is 0.675. The summed E-state index contributed by atoms with van der Waals surface area (Å²) in [7, 11) is 1.61. The van der Waals surface area contributed by atoms with E-state index in [1.807, 2.05) is 18.2 Å². The molecule has 0 unspecified atom stereocenters. The van der Waals surface area contributed by atoms with Crippen LogP contribution < -0.4 is 5.73 Å². The first-order chi connectivity index (χ1) is 9.19. The zero-order chi connectivity index (χ0) is 13.4. The number of ether oxygens (including phenoxy) is 1. The van der Waals surface area contributed by atoms with E-state index < -0.39 is 0 Å². The molecule has 2 N–H and O–H groups in total. The summed E-state index contributed by atoms with van der Waals surface area (Å²) < 4.78 is 7.70. The van der Waals surface area contributed by atoms with Gasteiger partial charge in [0, 0.05) is 22.8 Å². The van der Waals surface area contributed by atoms with Crippen LogP contribution in [0.3, 0.4) is 0 Å². The molecular formula is C11H10BrN5OS. The Kier molecular flexibility index (Phi) is 3.21. The fourth-order valence-electron chi connectivity index (χ4n) is 1.70. The Morgan fingerprint density at radius 1 is 1.42 bits per heavy atom. The lowest BCUT2D eigenvalue weighted by Gasteiger charge is -2.01. The lowest BCUT2D eigenvalue weighted by molar-refractivity contribution is 0.176. The first-order valence-electron chi connectivity index (χ1n) is 5.44. The standard InChI is InChI=1S/C11H10BrN5OS/c1-18-5-9-14-15-11-17(9)16-10(19-11)7-4-6(12)2-3-8(7)13/h2-4H,5,13H2,1H3. The van der Waals surface area contributed by atoms with Crippen LogP contribution in [0.25, 0.3) is 15.5 Å². The Morgan fingerprint density at radius 3 is 3.05 bits per heavy atom. The molecule has 0 aliphatic carbocycles. The minimum Gasteiger partial charge on any atom is -0.398 e. The molecule has 0 fully saturated rings. The largest absolute Gasteiger partial charge is 0.398 e. The van der Waals surface area contributed by atoms with Gasteiger partial charge in [0.05, 0.1) is 0 Å². The number of hydrogen-bond donors (Lipinski definition) is 1. The predicted octanol–water partition coefficient (Wildman–Crippen LogP) is 2.34. The Bertz CT molecular complexity index is 738. The number of methoxy groups -OCH3 is 1. The van der Waals surface area contributed by atoms with Gasteiger partial charge in [0.1, 0.15) is 11.6 Å². The number of nitrogen functional groups attached to an aromatic ring is 1. The van der Waals surface area contributed by atoms with Gasteiger partial charge < -0.3 is 10.5 Å². The maximum atomic E-state index is 5.98. The molecule has 0 saturated carbocycles. The van der Waals surface area contributed by atoms with Gasteiger partial charge in [0.15, 0.2) is 5.82 Å². The summed E-state index contributed by atoms with van der Waals surface area (Å²) in [5.41, 5.74) is 7.55. The van der Waals surface area contributed by atoms with Gasteiger partial charge in [-0.2, -0.15) is 9.61 Å². The van der Waals surface area contributed by atoms with E-state index in [2.05, 4.69) is 31.2 Å². The molecule has 0 saturated heterocycles. The summed E-state index contributed by atoms with van der Waals surface area (Å²) in [4.78, 5) is 0.724. The van der Waals surface area contributed by atoms with Crippen molar-refractivity contribution in [1.82, 2.24) is 19.8 Å². The van der Waals surface area contributed by atoms with Crippen LogP contribution in [0.2, 0.25) is 0 Å². The van der Waals surface area contributed by atoms with Crippen molar-refractivity contribution in [1.29, 1.82) is 0 Å². The second kappa shape index (κ2) is 4.87. The molecule has 8 heteroatoms. The zero-order valence-corrected chi connectivity index (χ0v) is 12.4. The highest BCUT2D eigenvalue weighted by atomic mass is 79.9. The number of fused-ring (bicyclic) bond motifs is 1. The number of hydrogen-bond acceptors (Lipinski definition) is 6. The van der Waals surface area contributed by atoms with E-state index >= 15 is 0 Å². The van der Waals surface area contributed by atoms with Crippen LogP contribution in [-0.4, -0.2) is 26.9 Å². The van der Waals surface area contributed by atoms with Gasteiger partial charge >= 0.3 is 0 Å². The van der Waals surface area contributed by atoms with E-state index in [0.29, 0.717) is 18.1 Å². The third-order valence-electron chi connectivity index (χ3n) is 2.57. The van der Waals surface area contributed by atoms with Crippen molar-refractivity contribution in [3.05, 3.63) is 28.5 Å². The van der Waals surface area contributed by atoms with Crippen LogP contribution in [0.15, 0.2) is 22.7 Å². The Balaban J connectivity index is 2.12. The second-order valence-corrected chi connectivity index (χ2v) is 5.75. The summed E-state index contributed by atoms with van der Waals surface area (Å²) >= 11 is 4.88. The number of benzene rings is 1. The molecule has 3 rings (SSSR count). The third-order valence-corrected chi connectivity index (χ3v) is 4.00. The Labute approximate surface area is 121 Å². The molecule has 1 aromatic carbocycles. The van der Waals surface area contributed by atoms with E-state index in [9.17, 15) is 0 Å². The molecule has 2 aromatic heterocycles. The number of nitrogens with zero attached hydrogens (tertiary/aromatic N) is 4. The summed E-state index contributed by atoms with van der Waals surface area (Å²) in [6, 6.07) is 5.68. The molecule has 0 atom stereocenters. The van der Waals surface area contributed by atoms with Crippen molar-refractivity contribution < 1.29 is 4.74 Å². The van der Waals surface area contributed by atoms with Crippen LogP contribution in [0, 0.1) is 0 Å². The summed E-state index contributed by atoms with van der Waals surface area (Å²) in [5, 5.41) is 13.4. The van der Waals surface area contributed by atoms with Gasteiger partial charge in [-0.3, -0.25) is 0 Å². The predicted molar refractivity (Wildman–Crippen MR) is 76.9 cm³/mol. The van der Waals surface area contributed by atoms with Crippen LogP contribution in [0.5, 0.6) is 0 Å². The van der Waals surface area contributed by atoms with E-state index in [0.717, 1.165) is 20.0 Å². The molecular weight excluding hydrogens is 330 g/mol. The molecule has 98 valence electrons. The minimum atomic E-state index is 0.373. The van der Waals surface area contributed by atoms with Gasteiger partial charge in [0.2, 0.25) is 4.96 Å². The number of halogens is 1. The SMILES string of the molecule is COCc1nnc2sc(-c3cc(Br)ccc3N)nn12. The molecule has 0 aliphatic rings. The quantitative estimate of drug-likeness (QED) is 0.741. The van der Waals surface area contributed by atoms with Crippen molar-refractivity contribution in [2.24, 2.45) is 0 Å². The third kappa shape index (κ3) is 2.22. The van der Waals surface area contributed by atoms with E-state index in [1.54, 1.807) is 11.6 Å². The number of nitrogens with two attached hydrogens (primary N) is 1. The average Bonchev–Trinajstić information content (AvgIpc) is 2.95. The average molecular weight is 340 g/mol. The second-order valence-electron chi connectivity index (χ2n) is 3.88.